The van der Waals surface area contributed by atoms with E-state index in [1.54, 1.807) is 31.3 Å². The largest absolute Gasteiger partial charge is 0.508 e. The van der Waals surface area contributed by atoms with Crippen molar-refractivity contribution >= 4 is 39.1 Å². The minimum atomic E-state index is -0.539. The molecular formula is C25H23ClFN5O. The molecule has 2 aliphatic heterocycles. The van der Waals surface area contributed by atoms with Crippen molar-refractivity contribution in [1.82, 2.24) is 19.9 Å². The highest BCUT2D eigenvalue weighted by Gasteiger charge is 2.38. The standard InChI is InChI=1S/C25H23ClFN5O/c1-13-29-24-19(25(30-13)32-11-15-6-7-16(12-32)31(15)2)10-28-23(22(24)27)18-9-17(33)8-14-4-3-5-20(26)21(14)18/h3-5,8-10,15-16,33H,6-7,11-12H2,1-2H3. The monoisotopic (exact) mass is 463 g/mol. The van der Waals surface area contributed by atoms with E-state index in [9.17, 15) is 5.11 Å². The first-order valence-corrected chi connectivity index (χ1v) is 11.5. The number of aryl methyl sites for hydroxylation is 1. The van der Waals surface area contributed by atoms with Gasteiger partial charge in [0.15, 0.2) is 5.82 Å². The van der Waals surface area contributed by atoms with Crippen LogP contribution in [0.3, 0.4) is 0 Å². The zero-order valence-corrected chi connectivity index (χ0v) is 19.1. The molecule has 0 saturated carbocycles. The number of aromatic hydroxyl groups is 1. The lowest BCUT2D eigenvalue weighted by Crippen LogP contribution is -2.52. The fraction of sp³-hybridized carbons (Fsp3) is 0.320. The lowest BCUT2D eigenvalue weighted by molar-refractivity contribution is 0.212. The van der Waals surface area contributed by atoms with Gasteiger partial charge in [0.25, 0.3) is 0 Å². The molecule has 2 bridgehead atoms. The number of likely N-dealkylation sites (N-methyl/N-ethyl adjacent to an activating group) is 1. The summed E-state index contributed by atoms with van der Waals surface area (Å²) in [6.45, 7) is 3.50. The average molecular weight is 464 g/mol. The molecule has 8 heteroatoms. The third-order valence-electron chi connectivity index (χ3n) is 7.09. The van der Waals surface area contributed by atoms with Crippen LogP contribution >= 0.6 is 11.6 Å². The molecule has 2 aromatic carbocycles. The SMILES string of the molecule is Cc1nc(N2CC3CCC(C2)N3C)c2cnc(-c3cc(O)cc4cccc(Cl)c34)c(F)c2n1. The van der Waals surface area contributed by atoms with Gasteiger partial charge in [0, 0.05) is 47.3 Å². The topological polar surface area (TPSA) is 65.4 Å². The second-order valence-corrected chi connectivity index (χ2v) is 9.47. The van der Waals surface area contributed by atoms with E-state index in [1.807, 2.05) is 6.07 Å². The van der Waals surface area contributed by atoms with Gasteiger partial charge in [-0.2, -0.15) is 0 Å². The Hall–Kier alpha value is -3.03. The molecule has 0 aliphatic carbocycles. The molecule has 1 N–H and O–H groups in total. The molecule has 2 saturated heterocycles. The molecule has 4 heterocycles. The van der Waals surface area contributed by atoms with Gasteiger partial charge < -0.3 is 10.0 Å². The van der Waals surface area contributed by atoms with Crippen LogP contribution in [0.1, 0.15) is 18.7 Å². The maximum atomic E-state index is 16.0. The first-order valence-electron chi connectivity index (χ1n) is 11.1. The van der Waals surface area contributed by atoms with Gasteiger partial charge in [0.2, 0.25) is 0 Å². The summed E-state index contributed by atoms with van der Waals surface area (Å²) in [4.78, 5) is 18.3. The summed E-state index contributed by atoms with van der Waals surface area (Å²) >= 11 is 6.46. The van der Waals surface area contributed by atoms with Gasteiger partial charge in [-0.3, -0.25) is 9.88 Å². The Kier molecular flexibility index (Phi) is 4.67. The molecule has 0 radical (unpaired) electrons. The van der Waals surface area contributed by atoms with Crippen LogP contribution in [0.25, 0.3) is 32.9 Å². The van der Waals surface area contributed by atoms with Crippen LogP contribution in [0.15, 0.2) is 36.5 Å². The van der Waals surface area contributed by atoms with E-state index in [1.165, 1.54) is 18.9 Å². The molecule has 2 fully saturated rings. The molecule has 168 valence electrons. The van der Waals surface area contributed by atoms with Crippen LogP contribution in [0.4, 0.5) is 10.2 Å². The molecule has 2 aliphatic rings. The molecule has 4 aromatic rings. The summed E-state index contributed by atoms with van der Waals surface area (Å²) in [6.07, 6.45) is 3.99. The second kappa shape index (κ2) is 7.50. The number of nitrogens with zero attached hydrogens (tertiary/aromatic N) is 5. The van der Waals surface area contributed by atoms with E-state index < -0.39 is 5.82 Å². The first-order chi connectivity index (χ1) is 15.9. The number of halogens is 2. The van der Waals surface area contributed by atoms with Crippen LogP contribution in [0.2, 0.25) is 5.02 Å². The van der Waals surface area contributed by atoms with Crippen molar-refractivity contribution in [3.05, 3.63) is 53.2 Å². The van der Waals surface area contributed by atoms with Crippen LogP contribution in [0.5, 0.6) is 5.75 Å². The van der Waals surface area contributed by atoms with E-state index in [0.29, 0.717) is 44.7 Å². The number of benzene rings is 2. The van der Waals surface area contributed by atoms with Crippen molar-refractivity contribution in [3.63, 3.8) is 0 Å². The number of hydrogen-bond acceptors (Lipinski definition) is 6. The number of piperazine rings is 1. The van der Waals surface area contributed by atoms with Crippen LogP contribution < -0.4 is 4.90 Å². The minimum Gasteiger partial charge on any atom is -0.508 e. The van der Waals surface area contributed by atoms with Gasteiger partial charge in [-0.1, -0.05) is 23.7 Å². The second-order valence-electron chi connectivity index (χ2n) is 9.06. The number of rotatable bonds is 2. The zero-order valence-electron chi connectivity index (χ0n) is 18.4. The minimum absolute atomic E-state index is 0.0218. The third kappa shape index (κ3) is 3.21. The number of pyridine rings is 1. The van der Waals surface area contributed by atoms with Crippen LogP contribution in [0, 0.1) is 12.7 Å². The van der Waals surface area contributed by atoms with Crippen molar-refractivity contribution in [2.45, 2.75) is 31.8 Å². The van der Waals surface area contributed by atoms with Gasteiger partial charge in [-0.15, -0.1) is 0 Å². The van der Waals surface area contributed by atoms with E-state index in [-0.39, 0.29) is 17.0 Å². The summed E-state index contributed by atoms with van der Waals surface area (Å²) in [6, 6.07) is 9.43. The number of aromatic nitrogens is 3. The molecule has 33 heavy (non-hydrogen) atoms. The average Bonchev–Trinajstić information content (AvgIpc) is 2.98. The van der Waals surface area contributed by atoms with Gasteiger partial charge in [0.1, 0.15) is 28.6 Å². The predicted molar refractivity (Wildman–Crippen MR) is 128 cm³/mol. The highest BCUT2D eigenvalue weighted by molar-refractivity contribution is 6.36. The molecule has 0 spiro atoms. The van der Waals surface area contributed by atoms with Crippen LogP contribution in [-0.2, 0) is 0 Å². The molecule has 6 nitrogen and oxygen atoms in total. The van der Waals surface area contributed by atoms with Crippen LogP contribution in [-0.4, -0.2) is 57.2 Å². The number of phenolic OH excluding ortho intramolecular Hbond substituents is 1. The number of fused-ring (bicyclic) bond motifs is 4. The quantitative estimate of drug-likeness (QED) is 0.454. The summed E-state index contributed by atoms with van der Waals surface area (Å²) in [5, 5.41) is 12.7. The van der Waals surface area contributed by atoms with Crippen molar-refractivity contribution in [2.75, 3.05) is 25.0 Å². The van der Waals surface area contributed by atoms with Gasteiger partial charge in [0.05, 0.1) is 5.39 Å². The molecule has 6 rings (SSSR count). The van der Waals surface area contributed by atoms with E-state index in [0.717, 1.165) is 18.9 Å². The lowest BCUT2D eigenvalue weighted by atomic mass is 10.00. The Labute approximate surface area is 195 Å². The summed E-state index contributed by atoms with van der Waals surface area (Å²) in [5.41, 5.74) is 0.779. The van der Waals surface area contributed by atoms with Crippen molar-refractivity contribution in [3.8, 4) is 17.0 Å². The Morgan fingerprint density at radius 3 is 2.64 bits per heavy atom. The van der Waals surface area contributed by atoms with Gasteiger partial charge in [-0.05, 0) is 50.4 Å². The highest BCUT2D eigenvalue weighted by Crippen LogP contribution is 2.39. The van der Waals surface area contributed by atoms with Gasteiger partial charge >= 0.3 is 0 Å². The fourth-order valence-corrected chi connectivity index (χ4v) is 5.70. The Morgan fingerprint density at radius 2 is 1.88 bits per heavy atom. The lowest BCUT2D eigenvalue weighted by Gasteiger charge is -2.39. The predicted octanol–water partition coefficient (Wildman–Crippen LogP) is 4.93. The summed E-state index contributed by atoms with van der Waals surface area (Å²) < 4.78 is 16.0. The normalized spacial score (nSPS) is 20.8. The van der Waals surface area contributed by atoms with Crippen molar-refractivity contribution in [2.24, 2.45) is 0 Å². The first kappa shape index (κ1) is 20.6. The molecule has 2 aromatic heterocycles. The maximum absolute atomic E-state index is 16.0. The number of anilines is 1. The molecule has 2 atom stereocenters. The highest BCUT2D eigenvalue weighted by atomic mass is 35.5. The smallest absolute Gasteiger partial charge is 0.175 e. The maximum Gasteiger partial charge on any atom is 0.175 e. The molecule has 0 amide bonds. The Morgan fingerprint density at radius 1 is 1.12 bits per heavy atom. The Bertz CT molecular complexity index is 1410. The van der Waals surface area contributed by atoms with E-state index in [4.69, 9.17) is 16.6 Å². The van der Waals surface area contributed by atoms with E-state index >= 15 is 4.39 Å². The van der Waals surface area contributed by atoms with Crippen molar-refractivity contribution < 1.29 is 9.50 Å². The number of phenols is 1. The van der Waals surface area contributed by atoms with Crippen molar-refractivity contribution in [1.29, 1.82) is 0 Å². The van der Waals surface area contributed by atoms with E-state index in [2.05, 4.69) is 26.8 Å². The zero-order chi connectivity index (χ0) is 22.9. The summed E-state index contributed by atoms with van der Waals surface area (Å²) in [5.74, 6) is 0.731. The molecule has 2 unspecified atom stereocenters. The summed E-state index contributed by atoms with van der Waals surface area (Å²) in [7, 11) is 2.18. The number of hydrogen-bond donors (Lipinski definition) is 1. The third-order valence-corrected chi connectivity index (χ3v) is 7.40. The fourth-order valence-electron chi connectivity index (χ4n) is 5.42. The Balaban J connectivity index is 1.54. The van der Waals surface area contributed by atoms with Gasteiger partial charge in [-0.25, -0.2) is 14.4 Å². The molecular weight excluding hydrogens is 441 g/mol.